The first-order valence-electron chi connectivity index (χ1n) is 6.29. The summed E-state index contributed by atoms with van der Waals surface area (Å²) in [5.41, 5.74) is 6.38. The van der Waals surface area contributed by atoms with Crippen molar-refractivity contribution in [2.45, 2.75) is 18.4 Å². The van der Waals surface area contributed by atoms with Crippen molar-refractivity contribution in [2.24, 2.45) is 5.73 Å². The van der Waals surface area contributed by atoms with Gasteiger partial charge < -0.3 is 15.5 Å². The molecule has 0 bridgehead atoms. The molecule has 0 aromatic carbocycles. The number of likely N-dealkylation sites (N-methyl/N-ethyl adjacent to an activating group) is 1. The molecule has 1 aliphatic rings. The van der Waals surface area contributed by atoms with Crippen LogP contribution in [0.5, 0.6) is 0 Å². The zero-order valence-corrected chi connectivity index (χ0v) is 13.9. The molecule has 1 aliphatic heterocycles. The van der Waals surface area contributed by atoms with Gasteiger partial charge in [0.15, 0.2) is 0 Å². The Kier molecular flexibility index (Phi) is 6.05. The minimum atomic E-state index is -0.0463. The molecule has 2 N–H and O–H groups in total. The summed E-state index contributed by atoms with van der Waals surface area (Å²) >= 11 is 3.41. The van der Waals surface area contributed by atoms with Crippen LogP contribution in [0.25, 0.3) is 0 Å². The molecule has 6 heteroatoms. The van der Waals surface area contributed by atoms with E-state index in [1.54, 1.807) is 0 Å². The van der Waals surface area contributed by atoms with Crippen molar-refractivity contribution in [1.82, 2.24) is 9.88 Å². The summed E-state index contributed by atoms with van der Waals surface area (Å²) in [6.45, 7) is 2.92. The van der Waals surface area contributed by atoms with E-state index < -0.39 is 0 Å². The van der Waals surface area contributed by atoms with Gasteiger partial charge in [-0.15, -0.1) is 12.4 Å². The van der Waals surface area contributed by atoms with Gasteiger partial charge in [0, 0.05) is 35.8 Å². The Labute approximate surface area is 129 Å². The molecular weight excluding hydrogens is 328 g/mol. The lowest BCUT2D eigenvalue weighted by Crippen LogP contribution is -2.55. The number of anilines is 1. The molecule has 0 atom stereocenters. The summed E-state index contributed by atoms with van der Waals surface area (Å²) in [5.74, 6) is 1.05. The molecular formula is C13H22BrClN4. The molecule has 19 heavy (non-hydrogen) atoms. The van der Waals surface area contributed by atoms with Crippen molar-refractivity contribution in [3.8, 4) is 0 Å². The molecule has 2 heterocycles. The maximum Gasteiger partial charge on any atom is 0.128 e. The van der Waals surface area contributed by atoms with Crippen LogP contribution in [0.2, 0.25) is 0 Å². The largest absolute Gasteiger partial charge is 0.356 e. The highest BCUT2D eigenvalue weighted by atomic mass is 79.9. The summed E-state index contributed by atoms with van der Waals surface area (Å²) < 4.78 is 1.02. The van der Waals surface area contributed by atoms with Crippen LogP contribution in [0.3, 0.4) is 0 Å². The van der Waals surface area contributed by atoms with Crippen LogP contribution in [-0.2, 0) is 0 Å². The third-order valence-electron chi connectivity index (χ3n) is 3.43. The van der Waals surface area contributed by atoms with Crippen molar-refractivity contribution in [3.05, 3.63) is 22.8 Å². The molecule has 0 amide bonds. The van der Waals surface area contributed by atoms with Gasteiger partial charge in [-0.1, -0.05) is 0 Å². The van der Waals surface area contributed by atoms with Gasteiger partial charge in [-0.3, -0.25) is 0 Å². The molecule has 4 nitrogen and oxygen atoms in total. The summed E-state index contributed by atoms with van der Waals surface area (Å²) in [5, 5.41) is 0. The van der Waals surface area contributed by atoms with Crippen LogP contribution in [0.4, 0.5) is 5.82 Å². The van der Waals surface area contributed by atoms with E-state index in [0.29, 0.717) is 0 Å². The van der Waals surface area contributed by atoms with Gasteiger partial charge in [-0.25, -0.2) is 4.98 Å². The fraction of sp³-hybridized carbons (Fsp3) is 0.615. The number of piperidine rings is 1. The normalized spacial score (nSPS) is 18.3. The number of nitrogens with zero attached hydrogens (tertiary/aromatic N) is 3. The lowest BCUT2D eigenvalue weighted by atomic mass is 9.88. The Hall–Kier alpha value is -0.360. The van der Waals surface area contributed by atoms with Crippen molar-refractivity contribution < 1.29 is 0 Å². The van der Waals surface area contributed by atoms with Crippen LogP contribution >= 0.6 is 28.3 Å². The van der Waals surface area contributed by atoms with Gasteiger partial charge in [0.2, 0.25) is 0 Å². The summed E-state index contributed by atoms with van der Waals surface area (Å²) in [6.07, 6.45) is 3.88. The molecule has 1 fully saturated rings. The van der Waals surface area contributed by atoms with E-state index in [4.69, 9.17) is 5.73 Å². The third-order valence-corrected chi connectivity index (χ3v) is 3.90. The van der Waals surface area contributed by atoms with Gasteiger partial charge in [0.05, 0.1) is 0 Å². The Balaban J connectivity index is 0.00000180. The zero-order chi connectivity index (χ0) is 13.2. The maximum absolute atomic E-state index is 6.43. The van der Waals surface area contributed by atoms with E-state index >= 15 is 0 Å². The molecule has 108 valence electrons. The van der Waals surface area contributed by atoms with Crippen LogP contribution < -0.4 is 10.6 Å². The third kappa shape index (κ3) is 4.60. The number of rotatable bonds is 3. The SMILES string of the molecule is CN(C)CC1(N)CCN(c2ccc(Br)cn2)CC1.Cl. The number of pyridine rings is 1. The maximum atomic E-state index is 6.43. The van der Waals surface area contributed by atoms with Crippen LogP contribution in [0.15, 0.2) is 22.8 Å². The first kappa shape index (κ1) is 16.7. The van der Waals surface area contributed by atoms with E-state index in [2.05, 4.69) is 50.9 Å². The van der Waals surface area contributed by atoms with Crippen LogP contribution in [0, 0.1) is 0 Å². The number of halogens is 2. The minimum absolute atomic E-state index is 0. The minimum Gasteiger partial charge on any atom is -0.356 e. The second-order valence-electron chi connectivity index (χ2n) is 5.42. The zero-order valence-electron chi connectivity index (χ0n) is 11.5. The summed E-state index contributed by atoms with van der Waals surface area (Å²) in [6, 6.07) is 4.09. The number of hydrogen-bond donors (Lipinski definition) is 1. The molecule has 1 aromatic rings. The molecule has 0 spiro atoms. The van der Waals surface area contributed by atoms with E-state index in [9.17, 15) is 0 Å². The average Bonchev–Trinajstić information content (AvgIpc) is 2.30. The molecule has 0 aliphatic carbocycles. The highest BCUT2D eigenvalue weighted by molar-refractivity contribution is 9.10. The summed E-state index contributed by atoms with van der Waals surface area (Å²) in [4.78, 5) is 8.93. The quantitative estimate of drug-likeness (QED) is 0.908. The lowest BCUT2D eigenvalue weighted by Gasteiger charge is -2.41. The second kappa shape index (κ2) is 6.88. The van der Waals surface area contributed by atoms with E-state index in [-0.39, 0.29) is 17.9 Å². The molecule has 2 rings (SSSR count). The van der Waals surface area contributed by atoms with Crippen molar-refractivity contribution >= 4 is 34.2 Å². The number of aromatic nitrogens is 1. The number of hydrogen-bond acceptors (Lipinski definition) is 4. The Morgan fingerprint density at radius 1 is 1.37 bits per heavy atom. The van der Waals surface area contributed by atoms with Gasteiger partial charge in [-0.05, 0) is 55.0 Å². The van der Waals surface area contributed by atoms with Crippen LogP contribution in [0.1, 0.15) is 12.8 Å². The molecule has 1 aromatic heterocycles. The first-order chi connectivity index (χ1) is 8.48. The van der Waals surface area contributed by atoms with Gasteiger partial charge >= 0.3 is 0 Å². The fourth-order valence-corrected chi connectivity index (χ4v) is 2.76. The standard InChI is InChI=1S/C13H21BrN4.ClH/c1-17(2)10-13(15)5-7-18(8-6-13)12-4-3-11(14)9-16-12;/h3-4,9H,5-8,10,15H2,1-2H3;1H. The molecule has 0 radical (unpaired) electrons. The summed E-state index contributed by atoms with van der Waals surface area (Å²) in [7, 11) is 4.16. The van der Waals surface area contributed by atoms with E-state index in [1.807, 2.05) is 12.3 Å². The molecule has 0 unspecified atom stereocenters. The van der Waals surface area contributed by atoms with Crippen LogP contribution in [-0.4, -0.2) is 49.2 Å². The lowest BCUT2D eigenvalue weighted by molar-refractivity contribution is 0.240. The predicted octanol–water partition coefficient (Wildman–Crippen LogP) is 2.13. The number of nitrogens with two attached hydrogens (primary N) is 1. The highest BCUT2D eigenvalue weighted by Gasteiger charge is 2.31. The Morgan fingerprint density at radius 3 is 2.47 bits per heavy atom. The van der Waals surface area contributed by atoms with E-state index in [0.717, 1.165) is 42.8 Å². The Morgan fingerprint density at radius 2 is 2.00 bits per heavy atom. The first-order valence-corrected chi connectivity index (χ1v) is 7.08. The van der Waals surface area contributed by atoms with E-state index in [1.165, 1.54) is 0 Å². The monoisotopic (exact) mass is 348 g/mol. The van der Waals surface area contributed by atoms with Crippen molar-refractivity contribution in [3.63, 3.8) is 0 Å². The molecule has 1 saturated heterocycles. The van der Waals surface area contributed by atoms with Gasteiger partial charge in [0.25, 0.3) is 0 Å². The average molecular weight is 350 g/mol. The topological polar surface area (TPSA) is 45.4 Å². The van der Waals surface area contributed by atoms with Crippen molar-refractivity contribution in [1.29, 1.82) is 0 Å². The van der Waals surface area contributed by atoms with Gasteiger partial charge in [0.1, 0.15) is 5.82 Å². The Bertz CT molecular complexity index is 388. The van der Waals surface area contributed by atoms with Gasteiger partial charge in [-0.2, -0.15) is 0 Å². The smallest absolute Gasteiger partial charge is 0.128 e. The predicted molar refractivity (Wildman–Crippen MR) is 86.1 cm³/mol. The van der Waals surface area contributed by atoms with Crippen molar-refractivity contribution in [2.75, 3.05) is 38.6 Å². The molecule has 0 saturated carbocycles. The highest BCUT2D eigenvalue weighted by Crippen LogP contribution is 2.24. The second-order valence-corrected chi connectivity index (χ2v) is 6.34. The fourth-order valence-electron chi connectivity index (χ4n) is 2.52.